The molecule has 3 N–H and O–H groups in total. The van der Waals surface area contributed by atoms with E-state index in [0.717, 1.165) is 27.9 Å². The SMILES string of the molecule is Cc1ncc(-c2nn(-c3ccccc3)c(NC(=O)NC3c4ccccc4C(C)(C)C3O)c2C)cn1. The second-order valence-electron chi connectivity index (χ2n) is 9.42. The van der Waals surface area contributed by atoms with Gasteiger partial charge in [0.2, 0.25) is 0 Å². The van der Waals surface area contributed by atoms with Crippen molar-refractivity contribution < 1.29 is 9.90 Å². The lowest BCUT2D eigenvalue weighted by Gasteiger charge is -2.27. The Morgan fingerprint density at radius 2 is 1.66 bits per heavy atom. The first-order chi connectivity index (χ1) is 16.8. The third-order valence-corrected chi connectivity index (χ3v) is 6.74. The first kappa shape index (κ1) is 22.7. The van der Waals surface area contributed by atoms with Crippen molar-refractivity contribution in [2.75, 3.05) is 5.32 Å². The summed E-state index contributed by atoms with van der Waals surface area (Å²) in [4.78, 5) is 21.8. The van der Waals surface area contributed by atoms with E-state index < -0.39 is 23.6 Å². The molecule has 2 aromatic carbocycles. The molecule has 8 nitrogen and oxygen atoms in total. The van der Waals surface area contributed by atoms with Gasteiger partial charge >= 0.3 is 6.03 Å². The van der Waals surface area contributed by atoms with Crippen LogP contribution in [0.3, 0.4) is 0 Å². The number of fused-ring (bicyclic) bond motifs is 1. The number of aliphatic hydroxyl groups excluding tert-OH is 1. The minimum absolute atomic E-state index is 0.423. The lowest BCUT2D eigenvalue weighted by atomic mass is 9.84. The predicted molar refractivity (Wildman–Crippen MR) is 134 cm³/mol. The predicted octanol–water partition coefficient (Wildman–Crippen LogP) is 4.46. The summed E-state index contributed by atoms with van der Waals surface area (Å²) in [5.74, 6) is 1.20. The fourth-order valence-corrected chi connectivity index (χ4v) is 4.73. The number of urea groups is 1. The topological polar surface area (TPSA) is 105 Å². The molecule has 2 amide bonds. The van der Waals surface area contributed by atoms with Crippen LogP contribution in [0, 0.1) is 13.8 Å². The van der Waals surface area contributed by atoms with Crippen molar-refractivity contribution in [3.05, 3.63) is 89.5 Å². The summed E-state index contributed by atoms with van der Waals surface area (Å²) >= 11 is 0. The molecule has 0 bridgehead atoms. The third-order valence-electron chi connectivity index (χ3n) is 6.74. The van der Waals surface area contributed by atoms with E-state index in [9.17, 15) is 9.90 Å². The molecule has 0 saturated carbocycles. The molecule has 178 valence electrons. The highest BCUT2D eigenvalue weighted by atomic mass is 16.3. The van der Waals surface area contributed by atoms with E-state index in [-0.39, 0.29) is 0 Å². The van der Waals surface area contributed by atoms with Crippen LogP contribution in [0.1, 0.15) is 42.4 Å². The molecule has 2 heterocycles. The number of aryl methyl sites for hydroxylation is 1. The lowest BCUT2D eigenvalue weighted by Crippen LogP contribution is -2.41. The molecule has 8 heteroatoms. The number of nitrogens with one attached hydrogen (secondary N) is 2. The number of carbonyl (C=O) groups is 1. The van der Waals surface area contributed by atoms with E-state index in [0.29, 0.717) is 17.3 Å². The van der Waals surface area contributed by atoms with Gasteiger partial charge in [-0.3, -0.25) is 5.32 Å². The van der Waals surface area contributed by atoms with Gasteiger partial charge in [0.25, 0.3) is 0 Å². The third kappa shape index (κ3) is 3.95. The van der Waals surface area contributed by atoms with Gasteiger partial charge in [-0.2, -0.15) is 5.10 Å². The number of aliphatic hydroxyl groups is 1. The summed E-state index contributed by atoms with van der Waals surface area (Å²) in [5.41, 5.74) is 4.50. The standard InChI is InChI=1S/C27H28N6O2/c1-16-22(18-14-28-17(2)29-15-18)32-33(19-10-6-5-7-11-19)25(16)31-26(35)30-23-20-12-8-9-13-21(20)27(3,4)24(23)34/h5-15,23-24,34H,1-4H3,(H2,30,31,35). The van der Waals surface area contributed by atoms with Crippen LogP contribution in [-0.4, -0.2) is 37.0 Å². The van der Waals surface area contributed by atoms with Gasteiger partial charge < -0.3 is 10.4 Å². The molecule has 4 aromatic rings. The summed E-state index contributed by atoms with van der Waals surface area (Å²) in [6.45, 7) is 7.70. The highest BCUT2D eigenvalue weighted by molar-refractivity contribution is 5.91. The van der Waals surface area contributed by atoms with Crippen LogP contribution in [0.15, 0.2) is 67.0 Å². The number of carbonyl (C=O) groups excluding carboxylic acids is 1. The Labute approximate surface area is 204 Å². The van der Waals surface area contributed by atoms with Gasteiger partial charge in [-0.05, 0) is 37.1 Å². The number of amides is 2. The molecule has 1 aliphatic carbocycles. The van der Waals surface area contributed by atoms with Crippen molar-refractivity contribution in [1.82, 2.24) is 25.1 Å². The van der Waals surface area contributed by atoms with Crippen LogP contribution >= 0.6 is 0 Å². The smallest absolute Gasteiger partial charge is 0.320 e. The van der Waals surface area contributed by atoms with Crippen molar-refractivity contribution in [1.29, 1.82) is 0 Å². The van der Waals surface area contributed by atoms with Crippen molar-refractivity contribution in [2.45, 2.75) is 45.3 Å². The zero-order valence-corrected chi connectivity index (χ0v) is 20.1. The fraction of sp³-hybridized carbons (Fsp3) is 0.259. The van der Waals surface area contributed by atoms with E-state index in [4.69, 9.17) is 5.10 Å². The summed E-state index contributed by atoms with van der Waals surface area (Å²) in [6, 6.07) is 16.5. The Kier molecular flexibility index (Phi) is 5.61. The maximum absolute atomic E-state index is 13.3. The molecular formula is C27H28N6O2. The monoisotopic (exact) mass is 468 g/mol. The van der Waals surface area contributed by atoms with Crippen molar-refractivity contribution in [2.24, 2.45) is 0 Å². The molecule has 2 aromatic heterocycles. The number of aromatic nitrogens is 4. The Hall–Kier alpha value is -4.04. The Bertz CT molecular complexity index is 1380. The van der Waals surface area contributed by atoms with E-state index in [1.807, 2.05) is 82.3 Å². The molecule has 5 rings (SSSR count). The number of anilines is 1. The molecular weight excluding hydrogens is 440 g/mol. The first-order valence-corrected chi connectivity index (χ1v) is 11.6. The summed E-state index contributed by atoms with van der Waals surface area (Å²) in [6.07, 6.45) is 2.70. The second kappa shape index (κ2) is 8.63. The van der Waals surface area contributed by atoms with Gasteiger partial charge in [0.1, 0.15) is 17.3 Å². The van der Waals surface area contributed by atoms with Gasteiger partial charge in [-0.15, -0.1) is 0 Å². The average Bonchev–Trinajstić information content (AvgIpc) is 3.27. The molecule has 2 unspecified atom stereocenters. The van der Waals surface area contributed by atoms with E-state index in [1.54, 1.807) is 17.1 Å². The Balaban J connectivity index is 1.49. The molecule has 35 heavy (non-hydrogen) atoms. The molecule has 1 aliphatic rings. The van der Waals surface area contributed by atoms with Crippen LogP contribution in [0.5, 0.6) is 0 Å². The largest absolute Gasteiger partial charge is 0.390 e. The maximum Gasteiger partial charge on any atom is 0.320 e. The number of rotatable bonds is 4. The van der Waals surface area contributed by atoms with Crippen LogP contribution in [0.2, 0.25) is 0 Å². The number of hydrogen-bond acceptors (Lipinski definition) is 5. The van der Waals surface area contributed by atoms with Gasteiger partial charge in [-0.1, -0.05) is 56.3 Å². The van der Waals surface area contributed by atoms with Crippen LogP contribution in [0.25, 0.3) is 16.9 Å². The second-order valence-corrected chi connectivity index (χ2v) is 9.42. The van der Waals surface area contributed by atoms with Gasteiger partial charge in [0, 0.05) is 28.9 Å². The minimum atomic E-state index is -0.758. The van der Waals surface area contributed by atoms with E-state index >= 15 is 0 Å². The number of benzene rings is 2. The molecule has 0 fully saturated rings. The van der Waals surface area contributed by atoms with E-state index in [2.05, 4.69) is 20.6 Å². The normalized spacial score (nSPS) is 18.2. The van der Waals surface area contributed by atoms with E-state index in [1.165, 1.54) is 0 Å². The minimum Gasteiger partial charge on any atom is -0.390 e. The number of nitrogens with zero attached hydrogens (tertiary/aromatic N) is 4. The van der Waals surface area contributed by atoms with Crippen LogP contribution in [0.4, 0.5) is 10.6 Å². The van der Waals surface area contributed by atoms with Crippen molar-refractivity contribution >= 4 is 11.8 Å². The Morgan fingerprint density at radius 1 is 1.00 bits per heavy atom. The zero-order chi connectivity index (χ0) is 24.7. The van der Waals surface area contributed by atoms with Crippen LogP contribution in [-0.2, 0) is 5.41 Å². The fourth-order valence-electron chi connectivity index (χ4n) is 4.73. The van der Waals surface area contributed by atoms with Crippen molar-refractivity contribution in [3.8, 4) is 16.9 Å². The first-order valence-electron chi connectivity index (χ1n) is 11.6. The zero-order valence-electron chi connectivity index (χ0n) is 20.1. The molecule has 2 atom stereocenters. The van der Waals surface area contributed by atoms with Gasteiger partial charge in [0.15, 0.2) is 0 Å². The molecule has 0 spiro atoms. The van der Waals surface area contributed by atoms with Gasteiger partial charge in [-0.25, -0.2) is 19.4 Å². The maximum atomic E-state index is 13.3. The average molecular weight is 469 g/mol. The molecule has 0 aliphatic heterocycles. The highest BCUT2D eigenvalue weighted by Gasteiger charge is 2.46. The van der Waals surface area contributed by atoms with Gasteiger partial charge in [0.05, 0.1) is 17.8 Å². The summed E-state index contributed by atoms with van der Waals surface area (Å²) in [7, 11) is 0. The Morgan fingerprint density at radius 3 is 2.37 bits per heavy atom. The number of para-hydroxylation sites is 1. The van der Waals surface area contributed by atoms with Crippen molar-refractivity contribution in [3.63, 3.8) is 0 Å². The lowest BCUT2D eigenvalue weighted by molar-refractivity contribution is 0.0828. The summed E-state index contributed by atoms with van der Waals surface area (Å²) in [5, 5.41) is 21.8. The molecule has 0 saturated heterocycles. The quantitative estimate of drug-likeness (QED) is 0.410. The molecule has 0 radical (unpaired) electrons. The highest BCUT2D eigenvalue weighted by Crippen LogP contribution is 2.44. The van der Waals surface area contributed by atoms with Crippen LogP contribution < -0.4 is 10.6 Å². The number of hydrogen-bond donors (Lipinski definition) is 3. The summed E-state index contributed by atoms with van der Waals surface area (Å²) < 4.78 is 1.70.